The predicted molar refractivity (Wildman–Crippen MR) is 98.6 cm³/mol. The van der Waals surface area contributed by atoms with Crippen molar-refractivity contribution < 1.29 is 14.3 Å². The number of piperidine rings is 2. The number of methoxy groups -OCH3 is 1. The molecule has 3 rings (SSSR count). The number of hydrogen-bond acceptors (Lipinski definition) is 4. The van der Waals surface area contributed by atoms with Crippen LogP contribution in [0.25, 0.3) is 0 Å². The van der Waals surface area contributed by atoms with Gasteiger partial charge in [0.1, 0.15) is 0 Å². The average molecular weight is 359 g/mol. The van der Waals surface area contributed by atoms with Crippen LogP contribution < -0.4 is 0 Å². The highest BCUT2D eigenvalue weighted by molar-refractivity contribution is 5.77. The number of amides is 2. The molecule has 142 valence electrons. The first-order chi connectivity index (χ1) is 12.6. The van der Waals surface area contributed by atoms with Crippen LogP contribution in [0.3, 0.4) is 0 Å². The van der Waals surface area contributed by atoms with Gasteiger partial charge in [0.05, 0.1) is 6.10 Å². The number of carbonyl (C=O) groups is 2. The summed E-state index contributed by atoms with van der Waals surface area (Å²) in [6.45, 7) is 4.53. The second-order valence-electron chi connectivity index (χ2n) is 7.43. The number of pyridine rings is 1. The Morgan fingerprint density at radius 3 is 2.38 bits per heavy atom. The van der Waals surface area contributed by atoms with Crippen molar-refractivity contribution in [3.8, 4) is 0 Å². The smallest absolute Gasteiger partial charge is 0.223 e. The molecule has 0 aromatic carbocycles. The highest BCUT2D eigenvalue weighted by atomic mass is 16.5. The third kappa shape index (κ3) is 4.41. The van der Waals surface area contributed by atoms with Gasteiger partial charge in [-0.1, -0.05) is 0 Å². The Kier molecular flexibility index (Phi) is 6.25. The zero-order valence-electron chi connectivity index (χ0n) is 15.8. The normalized spacial score (nSPS) is 24.5. The molecule has 6 nitrogen and oxygen atoms in total. The summed E-state index contributed by atoms with van der Waals surface area (Å²) in [7, 11) is 1.70. The molecule has 0 unspecified atom stereocenters. The first-order valence-corrected chi connectivity index (χ1v) is 9.54. The molecule has 0 radical (unpaired) electrons. The lowest BCUT2D eigenvalue weighted by atomic mass is 9.88. The topological polar surface area (TPSA) is 62.7 Å². The Labute approximate surface area is 155 Å². The lowest BCUT2D eigenvalue weighted by molar-refractivity contribution is -0.140. The summed E-state index contributed by atoms with van der Waals surface area (Å²) in [6.07, 6.45) is 6.98. The molecular weight excluding hydrogens is 330 g/mol. The average Bonchev–Trinajstić information content (AvgIpc) is 2.68. The molecule has 0 aliphatic carbocycles. The first-order valence-electron chi connectivity index (χ1n) is 9.54. The van der Waals surface area contributed by atoms with Crippen LogP contribution in [-0.4, -0.2) is 66.0 Å². The molecular formula is C20H29N3O3. The third-order valence-electron chi connectivity index (χ3n) is 5.87. The Morgan fingerprint density at radius 1 is 1.12 bits per heavy atom. The van der Waals surface area contributed by atoms with Gasteiger partial charge in [0, 0.05) is 64.9 Å². The van der Waals surface area contributed by atoms with E-state index in [2.05, 4.69) is 17.1 Å². The largest absolute Gasteiger partial charge is 0.381 e. The maximum absolute atomic E-state index is 12.8. The fourth-order valence-corrected chi connectivity index (χ4v) is 4.25. The van der Waals surface area contributed by atoms with E-state index in [1.807, 2.05) is 22.2 Å². The summed E-state index contributed by atoms with van der Waals surface area (Å²) in [5.41, 5.74) is 1.32. The van der Waals surface area contributed by atoms with Crippen LogP contribution in [0.1, 0.15) is 44.1 Å². The van der Waals surface area contributed by atoms with Crippen molar-refractivity contribution in [1.82, 2.24) is 14.8 Å². The second-order valence-corrected chi connectivity index (χ2v) is 7.43. The van der Waals surface area contributed by atoms with Gasteiger partial charge in [-0.05, 0) is 42.9 Å². The number of ether oxygens (including phenoxy) is 1. The first kappa shape index (κ1) is 18.8. The van der Waals surface area contributed by atoms with Crippen molar-refractivity contribution in [2.24, 2.45) is 5.92 Å². The fourth-order valence-electron chi connectivity index (χ4n) is 4.25. The minimum absolute atomic E-state index is 0.0592. The van der Waals surface area contributed by atoms with E-state index < -0.39 is 0 Å². The van der Waals surface area contributed by atoms with E-state index in [0.717, 1.165) is 38.9 Å². The number of hydrogen-bond donors (Lipinski definition) is 0. The Balaban J connectivity index is 1.54. The summed E-state index contributed by atoms with van der Waals surface area (Å²) in [5, 5.41) is 0. The van der Waals surface area contributed by atoms with E-state index in [0.29, 0.717) is 18.9 Å². The maximum atomic E-state index is 12.8. The maximum Gasteiger partial charge on any atom is 0.223 e. The minimum atomic E-state index is 0.0592. The van der Waals surface area contributed by atoms with Crippen molar-refractivity contribution in [2.45, 2.75) is 44.6 Å². The molecule has 1 aromatic rings. The van der Waals surface area contributed by atoms with Gasteiger partial charge in [-0.25, -0.2) is 0 Å². The van der Waals surface area contributed by atoms with Crippen LogP contribution in [0.15, 0.2) is 24.5 Å². The number of rotatable bonds is 4. The van der Waals surface area contributed by atoms with Crippen molar-refractivity contribution >= 4 is 11.8 Å². The molecule has 3 heterocycles. The van der Waals surface area contributed by atoms with Gasteiger partial charge in [0.2, 0.25) is 11.8 Å². The molecule has 2 atom stereocenters. The molecule has 2 aliphatic rings. The van der Waals surface area contributed by atoms with Crippen molar-refractivity contribution in [3.05, 3.63) is 30.1 Å². The lowest BCUT2D eigenvalue weighted by Crippen LogP contribution is -2.48. The second kappa shape index (κ2) is 8.62. The zero-order valence-corrected chi connectivity index (χ0v) is 15.8. The summed E-state index contributed by atoms with van der Waals surface area (Å²) in [6, 6.07) is 4.15. The quantitative estimate of drug-likeness (QED) is 0.826. The Hall–Kier alpha value is -1.95. The molecule has 2 saturated heterocycles. The monoisotopic (exact) mass is 359 g/mol. The van der Waals surface area contributed by atoms with Crippen LogP contribution in [0.4, 0.5) is 0 Å². The van der Waals surface area contributed by atoms with Crippen LogP contribution in [-0.2, 0) is 14.3 Å². The summed E-state index contributed by atoms with van der Waals surface area (Å²) >= 11 is 0. The van der Waals surface area contributed by atoms with E-state index in [1.165, 1.54) is 5.56 Å². The van der Waals surface area contributed by atoms with Crippen LogP contribution in [0.5, 0.6) is 0 Å². The van der Waals surface area contributed by atoms with Crippen LogP contribution in [0, 0.1) is 5.92 Å². The molecule has 0 spiro atoms. The molecule has 0 N–H and O–H groups in total. The fraction of sp³-hybridized carbons (Fsp3) is 0.650. The molecule has 26 heavy (non-hydrogen) atoms. The van der Waals surface area contributed by atoms with Gasteiger partial charge in [-0.2, -0.15) is 0 Å². The third-order valence-corrected chi connectivity index (χ3v) is 5.87. The van der Waals surface area contributed by atoms with Gasteiger partial charge in [-0.3, -0.25) is 14.6 Å². The van der Waals surface area contributed by atoms with Crippen molar-refractivity contribution in [1.29, 1.82) is 0 Å². The van der Waals surface area contributed by atoms with Crippen LogP contribution >= 0.6 is 0 Å². The molecule has 2 aliphatic heterocycles. The molecule has 1 aromatic heterocycles. The molecule has 0 bridgehead atoms. The number of likely N-dealkylation sites (tertiary alicyclic amines) is 2. The number of carbonyl (C=O) groups excluding carboxylic acids is 2. The Morgan fingerprint density at radius 2 is 1.77 bits per heavy atom. The number of aromatic nitrogens is 1. The lowest BCUT2D eigenvalue weighted by Gasteiger charge is -2.39. The van der Waals surface area contributed by atoms with Crippen molar-refractivity contribution in [3.63, 3.8) is 0 Å². The van der Waals surface area contributed by atoms with Gasteiger partial charge in [0.25, 0.3) is 0 Å². The SMILES string of the molecule is CO[C@@H]1CCN(C(C)=O)C[C@H]1CC(=O)N1CCC(c2ccncc2)CC1. The van der Waals surface area contributed by atoms with E-state index in [-0.39, 0.29) is 23.8 Å². The van der Waals surface area contributed by atoms with E-state index in [4.69, 9.17) is 4.74 Å². The number of nitrogens with zero attached hydrogens (tertiary/aromatic N) is 3. The predicted octanol–water partition coefficient (Wildman–Crippen LogP) is 2.06. The molecule has 2 amide bonds. The van der Waals surface area contributed by atoms with Gasteiger partial charge < -0.3 is 14.5 Å². The summed E-state index contributed by atoms with van der Waals surface area (Å²) in [4.78, 5) is 32.4. The Bertz CT molecular complexity index is 614. The zero-order chi connectivity index (χ0) is 18.5. The van der Waals surface area contributed by atoms with Gasteiger partial charge in [0.15, 0.2) is 0 Å². The van der Waals surface area contributed by atoms with E-state index in [9.17, 15) is 9.59 Å². The highest BCUT2D eigenvalue weighted by Gasteiger charge is 2.34. The summed E-state index contributed by atoms with van der Waals surface area (Å²) < 4.78 is 5.58. The van der Waals surface area contributed by atoms with Gasteiger partial charge >= 0.3 is 0 Å². The van der Waals surface area contributed by atoms with E-state index in [1.54, 1.807) is 14.0 Å². The van der Waals surface area contributed by atoms with Crippen molar-refractivity contribution in [2.75, 3.05) is 33.3 Å². The summed E-state index contributed by atoms with van der Waals surface area (Å²) in [5.74, 6) is 0.866. The molecule has 6 heteroatoms. The molecule has 2 fully saturated rings. The molecule has 0 saturated carbocycles. The standard InChI is InChI=1S/C20H29N3O3/c1-15(24)23-12-7-19(26-2)18(14-23)13-20(25)22-10-5-17(6-11-22)16-3-8-21-9-4-16/h3-4,8-9,17-19H,5-7,10-14H2,1-2H3/t18-,19-/m1/s1. The minimum Gasteiger partial charge on any atom is -0.381 e. The highest BCUT2D eigenvalue weighted by Crippen LogP contribution is 2.29. The van der Waals surface area contributed by atoms with Crippen LogP contribution in [0.2, 0.25) is 0 Å². The van der Waals surface area contributed by atoms with Gasteiger partial charge in [-0.15, -0.1) is 0 Å². The van der Waals surface area contributed by atoms with E-state index >= 15 is 0 Å².